The van der Waals surface area contributed by atoms with Crippen LogP contribution in [0.4, 0.5) is 0 Å². The molecule has 0 aliphatic carbocycles. The summed E-state index contributed by atoms with van der Waals surface area (Å²) in [5, 5.41) is 8.48. The highest BCUT2D eigenvalue weighted by molar-refractivity contribution is 4.83. The first kappa shape index (κ1) is 10.9. The van der Waals surface area contributed by atoms with Crippen molar-refractivity contribution in [1.29, 1.82) is 0 Å². The Balaban J connectivity index is 2.03. The van der Waals surface area contributed by atoms with Gasteiger partial charge in [-0.05, 0) is 5.92 Å². The van der Waals surface area contributed by atoms with Gasteiger partial charge in [0.25, 0.3) is 0 Å². The summed E-state index contributed by atoms with van der Waals surface area (Å²) in [6.45, 7) is 6.40. The van der Waals surface area contributed by atoms with Gasteiger partial charge in [0.1, 0.15) is 0 Å². The Morgan fingerprint density at radius 2 is 2.23 bits per heavy atom. The van der Waals surface area contributed by atoms with Crippen LogP contribution in [0.25, 0.3) is 0 Å². The smallest absolute Gasteiger partial charge is 0.0698 e. The molecule has 1 saturated heterocycles. The van der Waals surface area contributed by atoms with Crippen LogP contribution in [0.5, 0.6) is 0 Å². The minimum absolute atomic E-state index is 0.107. The van der Waals surface area contributed by atoms with E-state index in [1.165, 1.54) is 0 Å². The molecule has 0 aromatic carbocycles. The van der Waals surface area contributed by atoms with Gasteiger partial charge in [-0.1, -0.05) is 6.92 Å². The molecule has 1 heterocycles. The minimum atomic E-state index is 0.107. The molecule has 0 saturated carbocycles. The van der Waals surface area contributed by atoms with Crippen molar-refractivity contribution in [2.75, 3.05) is 39.5 Å². The SMILES string of the molecule is CC1CN(CCOCCO)CC1N. The highest BCUT2D eigenvalue weighted by atomic mass is 16.5. The number of nitrogens with zero attached hydrogens (tertiary/aromatic N) is 1. The van der Waals surface area contributed by atoms with Crippen molar-refractivity contribution < 1.29 is 9.84 Å². The number of aliphatic hydroxyl groups is 1. The number of ether oxygens (including phenoxy) is 1. The summed E-state index contributed by atoms with van der Waals surface area (Å²) in [5.74, 6) is 0.595. The van der Waals surface area contributed by atoms with Crippen LogP contribution in [-0.2, 0) is 4.74 Å². The van der Waals surface area contributed by atoms with Crippen molar-refractivity contribution in [1.82, 2.24) is 4.90 Å². The summed E-state index contributed by atoms with van der Waals surface area (Å²) in [6.07, 6.45) is 0. The van der Waals surface area contributed by atoms with E-state index in [4.69, 9.17) is 15.6 Å². The third-order valence-electron chi connectivity index (χ3n) is 2.53. The van der Waals surface area contributed by atoms with Crippen molar-refractivity contribution in [3.05, 3.63) is 0 Å². The highest BCUT2D eigenvalue weighted by Gasteiger charge is 2.25. The number of rotatable bonds is 5. The van der Waals surface area contributed by atoms with E-state index in [9.17, 15) is 0 Å². The lowest BCUT2D eigenvalue weighted by molar-refractivity contribution is 0.0775. The fourth-order valence-electron chi connectivity index (χ4n) is 1.64. The Morgan fingerprint density at radius 1 is 1.46 bits per heavy atom. The average Bonchev–Trinajstić information content (AvgIpc) is 2.41. The van der Waals surface area contributed by atoms with Gasteiger partial charge in [0.15, 0.2) is 0 Å². The van der Waals surface area contributed by atoms with Crippen LogP contribution in [0.1, 0.15) is 6.92 Å². The molecule has 1 aliphatic heterocycles. The topological polar surface area (TPSA) is 58.7 Å². The molecule has 13 heavy (non-hydrogen) atoms. The van der Waals surface area contributed by atoms with Crippen molar-refractivity contribution in [3.8, 4) is 0 Å². The molecule has 0 bridgehead atoms. The number of aliphatic hydroxyl groups excluding tert-OH is 1. The Labute approximate surface area is 79.7 Å². The van der Waals surface area contributed by atoms with Gasteiger partial charge in [-0.15, -0.1) is 0 Å². The summed E-state index contributed by atoms with van der Waals surface area (Å²) in [7, 11) is 0. The summed E-state index contributed by atoms with van der Waals surface area (Å²) < 4.78 is 5.18. The quantitative estimate of drug-likeness (QED) is 0.559. The zero-order chi connectivity index (χ0) is 9.68. The fraction of sp³-hybridized carbons (Fsp3) is 1.00. The molecular formula is C9H20N2O2. The van der Waals surface area contributed by atoms with Crippen molar-refractivity contribution >= 4 is 0 Å². The standard InChI is InChI=1S/C9H20N2O2/c1-8-6-11(7-9(8)10)2-4-13-5-3-12/h8-9,12H,2-7,10H2,1H3. The Bertz CT molecular complexity index is 134. The van der Waals surface area contributed by atoms with Gasteiger partial charge in [-0.3, -0.25) is 4.90 Å². The second-order valence-corrected chi connectivity index (χ2v) is 3.74. The fourth-order valence-corrected chi connectivity index (χ4v) is 1.64. The van der Waals surface area contributed by atoms with E-state index >= 15 is 0 Å². The molecule has 1 fully saturated rings. The van der Waals surface area contributed by atoms with Crippen LogP contribution in [-0.4, -0.2) is 55.5 Å². The van der Waals surface area contributed by atoms with E-state index in [-0.39, 0.29) is 6.61 Å². The van der Waals surface area contributed by atoms with E-state index in [1.54, 1.807) is 0 Å². The van der Waals surface area contributed by atoms with Gasteiger partial charge in [0, 0.05) is 25.7 Å². The molecule has 78 valence electrons. The van der Waals surface area contributed by atoms with Crippen LogP contribution in [0.2, 0.25) is 0 Å². The first-order valence-electron chi connectivity index (χ1n) is 4.90. The zero-order valence-corrected chi connectivity index (χ0v) is 8.28. The Morgan fingerprint density at radius 3 is 2.77 bits per heavy atom. The molecule has 1 aliphatic rings. The van der Waals surface area contributed by atoms with Crippen molar-refractivity contribution in [2.45, 2.75) is 13.0 Å². The van der Waals surface area contributed by atoms with Crippen LogP contribution in [0.3, 0.4) is 0 Å². The number of nitrogens with two attached hydrogens (primary N) is 1. The second-order valence-electron chi connectivity index (χ2n) is 3.74. The summed E-state index contributed by atoms with van der Waals surface area (Å²) in [4.78, 5) is 2.31. The van der Waals surface area contributed by atoms with Crippen LogP contribution < -0.4 is 5.73 Å². The van der Waals surface area contributed by atoms with E-state index in [0.717, 1.165) is 19.6 Å². The third kappa shape index (κ3) is 3.60. The van der Waals surface area contributed by atoms with Gasteiger partial charge in [-0.2, -0.15) is 0 Å². The molecule has 3 N–H and O–H groups in total. The first-order chi connectivity index (χ1) is 6.24. The predicted molar refractivity (Wildman–Crippen MR) is 51.5 cm³/mol. The Kier molecular flexibility index (Phi) is 4.66. The number of likely N-dealkylation sites (tertiary alicyclic amines) is 1. The predicted octanol–water partition coefficient (Wildman–Crippen LogP) is -0.726. The summed E-state index contributed by atoms with van der Waals surface area (Å²) in [5.41, 5.74) is 5.88. The molecule has 1 rings (SSSR count). The molecule has 0 aromatic rings. The van der Waals surface area contributed by atoms with Crippen LogP contribution in [0.15, 0.2) is 0 Å². The van der Waals surface area contributed by atoms with Gasteiger partial charge < -0.3 is 15.6 Å². The van der Waals surface area contributed by atoms with Gasteiger partial charge in [-0.25, -0.2) is 0 Å². The van der Waals surface area contributed by atoms with E-state index < -0.39 is 0 Å². The van der Waals surface area contributed by atoms with E-state index in [0.29, 0.717) is 25.2 Å². The largest absolute Gasteiger partial charge is 0.394 e. The molecular weight excluding hydrogens is 168 g/mol. The molecule has 4 heteroatoms. The molecule has 0 aromatic heterocycles. The van der Waals surface area contributed by atoms with Gasteiger partial charge in [0.2, 0.25) is 0 Å². The Hall–Kier alpha value is -0.160. The number of hydrogen-bond donors (Lipinski definition) is 2. The third-order valence-corrected chi connectivity index (χ3v) is 2.53. The zero-order valence-electron chi connectivity index (χ0n) is 8.28. The maximum atomic E-state index is 8.48. The molecule has 0 spiro atoms. The number of hydrogen-bond acceptors (Lipinski definition) is 4. The molecule has 2 atom stereocenters. The van der Waals surface area contributed by atoms with E-state index in [2.05, 4.69) is 11.8 Å². The molecule has 0 radical (unpaired) electrons. The lowest BCUT2D eigenvalue weighted by Gasteiger charge is -2.14. The first-order valence-corrected chi connectivity index (χ1v) is 4.90. The van der Waals surface area contributed by atoms with Crippen molar-refractivity contribution in [2.24, 2.45) is 11.7 Å². The summed E-state index contributed by atoms with van der Waals surface area (Å²) in [6, 6.07) is 0.317. The normalized spacial score (nSPS) is 29.8. The monoisotopic (exact) mass is 188 g/mol. The second kappa shape index (κ2) is 5.54. The maximum Gasteiger partial charge on any atom is 0.0698 e. The molecule has 2 unspecified atom stereocenters. The van der Waals surface area contributed by atoms with Crippen LogP contribution >= 0.6 is 0 Å². The summed E-state index contributed by atoms with van der Waals surface area (Å²) >= 11 is 0. The lowest BCUT2D eigenvalue weighted by Crippen LogP contribution is -2.30. The minimum Gasteiger partial charge on any atom is -0.394 e. The van der Waals surface area contributed by atoms with Gasteiger partial charge >= 0.3 is 0 Å². The highest BCUT2D eigenvalue weighted by Crippen LogP contribution is 2.13. The van der Waals surface area contributed by atoms with Crippen molar-refractivity contribution in [3.63, 3.8) is 0 Å². The van der Waals surface area contributed by atoms with Gasteiger partial charge in [0.05, 0.1) is 19.8 Å². The molecule has 4 nitrogen and oxygen atoms in total. The van der Waals surface area contributed by atoms with Crippen LogP contribution in [0, 0.1) is 5.92 Å². The average molecular weight is 188 g/mol. The van der Waals surface area contributed by atoms with E-state index in [1.807, 2.05) is 0 Å². The molecule has 0 amide bonds. The lowest BCUT2D eigenvalue weighted by atomic mass is 10.1. The maximum absolute atomic E-state index is 8.48.